The number of carbonyl (C=O) groups is 3. The third kappa shape index (κ3) is 3.03. The van der Waals surface area contributed by atoms with Gasteiger partial charge in [-0.1, -0.05) is 31.2 Å². The first-order valence-corrected chi connectivity index (χ1v) is 11.1. The Balaban J connectivity index is 2.05. The number of aromatic hydroxyl groups is 1. The van der Waals surface area contributed by atoms with Gasteiger partial charge in [-0.05, 0) is 32.5 Å². The number of nitrogens with zero attached hydrogens (tertiary/aromatic N) is 1. The molecule has 10 nitrogen and oxygen atoms in total. The maximum Gasteiger partial charge on any atom is 0.255 e. The van der Waals surface area contributed by atoms with E-state index < -0.39 is 75.6 Å². The highest BCUT2D eigenvalue weighted by Gasteiger charge is 2.67. The number of hydrogen-bond donors (Lipinski definition) is 6. The lowest BCUT2D eigenvalue weighted by Gasteiger charge is -2.53. The predicted octanol–water partition coefficient (Wildman–Crippen LogP) is 0.686. The predicted molar refractivity (Wildman–Crippen MR) is 124 cm³/mol. The lowest BCUT2D eigenvalue weighted by molar-refractivity contribution is -0.162. The number of allylic oxidation sites excluding steroid dienone is 1. The summed E-state index contributed by atoms with van der Waals surface area (Å²) in [6.45, 7) is 3.42. The molecule has 0 unspecified atom stereocenters. The Kier molecular flexibility index (Phi) is 5.66. The maximum absolute atomic E-state index is 13.6. The number of primary amides is 1. The van der Waals surface area contributed by atoms with Gasteiger partial charge in [0.05, 0.1) is 23.6 Å². The summed E-state index contributed by atoms with van der Waals surface area (Å²) >= 11 is 0. The zero-order valence-electron chi connectivity index (χ0n) is 19.7. The topological polar surface area (TPSA) is 182 Å². The number of likely N-dealkylation sites (N-methyl/N-ethyl adjacent to an activating group) is 1. The molecular weight excluding hydrogens is 456 g/mol. The first kappa shape index (κ1) is 24.6. The molecule has 35 heavy (non-hydrogen) atoms. The lowest BCUT2D eigenvalue weighted by atomic mass is 9.55. The van der Waals surface area contributed by atoms with Crippen molar-refractivity contribution in [1.29, 1.82) is 0 Å². The van der Waals surface area contributed by atoms with E-state index in [0.717, 1.165) is 0 Å². The number of benzene rings is 1. The molecule has 0 saturated carbocycles. The fourth-order valence-electron chi connectivity index (χ4n) is 5.95. The normalized spacial score (nSPS) is 32.7. The van der Waals surface area contributed by atoms with Gasteiger partial charge in [-0.25, -0.2) is 0 Å². The van der Waals surface area contributed by atoms with Crippen molar-refractivity contribution >= 4 is 23.5 Å². The second kappa shape index (κ2) is 8.04. The van der Waals surface area contributed by atoms with E-state index in [-0.39, 0.29) is 11.3 Å². The third-order valence-corrected chi connectivity index (χ3v) is 7.51. The van der Waals surface area contributed by atoms with Crippen LogP contribution in [0.5, 0.6) is 5.75 Å². The summed E-state index contributed by atoms with van der Waals surface area (Å²) in [4.78, 5) is 40.4. The maximum atomic E-state index is 13.6. The van der Waals surface area contributed by atoms with Crippen LogP contribution in [-0.4, -0.2) is 79.7 Å². The lowest BCUT2D eigenvalue weighted by Crippen LogP contribution is -2.68. The molecule has 3 aliphatic carbocycles. The van der Waals surface area contributed by atoms with Gasteiger partial charge >= 0.3 is 0 Å². The molecule has 0 bridgehead atoms. The zero-order chi connectivity index (χ0) is 26.1. The molecule has 0 saturated heterocycles. The third-order valence-electron chi connectivity index (χ3n) is 7.51. The molecule has 0 aliphatic heterocycles. The van der Waals surface area contributed by atoms with Crippen LogP contribution in [0.2, 0.25) is 0 Å². The van der Waals surface area contributed by atoms with Gasteiger partial charge in [0.1, 0.15) is 22.8 Å². The number of aliphatic hydroxyl groups is 4. The smallest absolute Gasteiger partial charge is 0.255 e. The Morgan fingerprint density at radius 3 is 2.34 bits per heavy atom. The van der Waals surface area contributed by atoms with Crippen molar-refractivity contribution in [2.24, 2.45) is 17.6 Å². The number of Topliss-reactive ketones (excluding diaryl/α,β-unsaturated/α-hetero) is 2. The van der Waals surface area contributed by atoms with Gasteiger partial charge in [0, 0.05) is 17.1 Å². The Hall–Kier alpha value is -3.47. The van der Waals surface area contributed by atoms with E-state index in [4.69, 9.17) is 5.73 Å². The van der Waals surface area contributed by atoms with Gasteiger partial charge in [0.15, 0.2) is 11.4 Å². The second-order valence-electron chi connectivity index (χ2n) is 9.52. The second-order valence-corrected chi connectivity index (χ2v) is 9.52. The number of carbonyl (C=O) groups excluding carboxylic acids is 3. The molecule has 0 aromatic heterocycles. The van der Waals surface area contributed by atoms with Gasteiger partial charge in [-0.3, -0.25) is 19.3 Å². The van der Waals surface area contributed by atoms with E-state index in [9.17, 15) is 39.9 Å². The SMILES string of the molecule is C/C=C/c1ccc2c(c1O)C(=O)C1=C(O)[C@]3(O)C(=O)C(C(N)=O)=C(O)[C@@H](N(C)C)[C@@H]3[C@@H](O)[C@@H]1[C@H]2C. The molecule has 0 spiro atoms. The van der Waals surface area contributed by atoms with Crippen LogP contribution in [0.3, 0.4) is 0 Å². The number of aliphatic hydroxyl groups excluding tert-OH is 3. The molecule has 3 aliphatic rings. The molecule has 6 atom stereocenters. The van der Waals surface area contributed by atoms with Crippen LogP contribution in [0.1, 0.15) is 41.3 Å². The fourth-order valence-corrected chi connectivity index (χ4v) is 5.95. The van der Waals surface area contributed by atoms with Crippen molar-refractivity contribution < 1.29 is 39.9 Å². The van der Waals surface area contributed by atoms with E-state index in [1.807, 2.05) is 0 Å². The molecule has 1 aromatic rings. The summed E-state index contributed by atoms with van der Waals surface area (Å²) < 4.78 is 0. The quantitative estimate of drug-likeness (QED) is 0.336. The number of phenolic OH excluding ortho intramolecular Hbond substituents is 1. The molecule has 0 radical (unpaired) electrons. The van der Waals surface area contributed by atoms with E-state index in [2.05, 4.69) is 0 Å². The van der Waals surface area contributed by atoms with Crippen LogP contribution in [0.4, 0.5) is 0 Å². The minimum atomic E-state index is -2.92. The highest BCUT2D eigenvalue weighted by Crippen LogP contribution is 2.55. The summed E-state index contributed by atoms with van der Waals surface area (Å²) in [5, 5.41) is 56.1. The number of nitrogens with two attached hydrogens (primary N) is 1. The summed E-state index contributed by atoms with van der Waals surface area (Å²) in [6.07, 6.45) is 1.65. The first-order chi connectivity index (χ1) is 16.3. The van der Waals surface area contributed by atoms with Crippen LogP contribution < -0.4 is 5.73 Å². The molecule has 10 heteroatoms. The van der Waals surface area contributed by atoms with Gasteiger partial charge in [0.2, 0.25) is 5.78 Å². The minimum absolute atomic E-state index is 0.110. The van der Waals surface area contributed by atoms with E-state index in [1.54, 1.807) is 38.1 Å². The Labute approximate surface area is 201 Å². The molecule has 186 valence electrons. The number of phenols is 1. The van der Waals surface area contributed by atoms with E-state index >= 15 is 0 Å². The summed E-state index contributed by atoms with van der Waals surface area (Å²) in [5.41, 5.74) is 1.70. The molecule has 4 rings (SSSR count). The van der Waals surface area contributed by atoms with Crippen molar-refractivity contribution in [1.82, 2.24) is 4.90 Å². The average molecular weight is 485 g/mol. The van der Waals surface area contributed by atoms with Gasteiger partial charge in [0.25, 0.3) is 5.91 Å². The highest BCUT2D eigenvalue weighted by molar-refractivity contribution is 6.25. The van der Waals surface area contributed by atoms with Gasteiger partial charge < -0.3 is 31.3 Å². The van der Waals surface area contributed by atoms with Crippen molar-refractivity contribution in [3.8, 4) is 5.75 Å². The molecule has 0 heterocycles. The number of fused-ring (bicyclic) bond motifs is 3. The molecular formula is C25H28N2O8. The Bertz CT molecular complexity index is 1260. The van der Waals surface area contributed by atoms with E-state index in [1.165, 1.54) is 19.0 Å². The highest BCUT2D eigenvalue weighted by atomic mass is 16.4. The van der Waals surface area contributed by atoms with Crippen LogP contribution in [-0.2, 0) is 9.59 Å². The van der Waals surface area contributed by atoms with Crippen LogP contribution in [0, 0.1) is 11.8 Å². The van der Waals surface area contributed by atoms with Crippen LogP contribution in [0.25, 0.3) is 6.08 Å². The standard InChI is InChI=1S/C25H28N2O8/c1-5-6-10-7-8-11-9(2)12-14(19(29)13(11)18(10)28)22(32)25(35)16(20(12)30)17(27(3)4)21(31)15(23(25)33)24(26)34/h5-9,12,16-17,20,28,30-32,35H,1-4H3,(H2,26,34)/b6-5+/t9-,12+,16+,17-,20-,25-/m0/s1. The molecule has 1 amide bonds. The number of amides is 1. The summed E-state index contributed by atoms with van der Waals surface area (Å²) in [5.74, 6) is -8.94. The van der Waals surface area contributed by atoms with E-state index in [0.29, 0.717) is 11.1 Å². The Morgan fingerprint density at radius 1 is 1.17 bits per heavy atom. The fraction of sp³-hybridized carbons (Fsp3) is 0.400. The minimum Gasteiger partial charge on any atom is -0.510 e. The first-order valence-electron chi connectivity index (χ1n) is 11.1. The molecule has 7 N–H and O–H groups in total. The summed E-state index contributed by atoms with van der Waals surface area (Å²) in [6, 6.07) is 1.98. The van der Waals surface area contributed by atoms with Crippen molar-refractivity contribution in [2.75, 3.05) is 14.1 Å². The largest absolute Gasteiger partial charge is 0.510 e. The monoisotopic (exact) mass is 484 g/mol. The zero-order valence-corrected chi connectivity index (χ0v) is 19.7. The molecule has 1 aromatic carbocycles. The van der Waals surface area contributed by atoms with Crippen molar-refractivity contribution in [3.05, 3.63) is 57.6 Å². The summed E-state index contributed by atoms with van der Waals surface area (Å²) in [7, 11) is 2.98. The van der Waals surface area contributed by atoms with Crippen LogP contribution >= 0.6 is 0 Å². The molecule has 0 fully saturated rings. The van der Waals surface area contributed by atoms with Crippen molar-refractivity contribution in [2.45, 2.75) is 37.5 Å². The number of hydrogen-bond acceptors (Lipinski definition) is 9. The average Bonchev–Trinajstić information content (AvgIpc) is 2.77. The number of ketones is 2. The van der Waals surface area contributed by atoms with Gasteiger partial charge in [-0.2, -0.15) is 0 Å². The van der Waals surface area contributed by atoms with Crippen LogP contribution in [0.15, 0.2) is 40.9 Å². The number of rotatable bonds is 3. The van der Waals surface area contributed by atoms with Crippen molar-refractivity contribution in [3.63, 3.8) is 0 Å². The van der Waals surface area contributed by atoms with Gasteiger partial charge in [-0.15, -0.1) is 0 Å². The Morgan fingerprint density at radius 2 is 1.80 bits per heavy atom.